The Kier molecular flexibility index (Phi) is 15.8. The van der Waals surface area contributed by atoms with Gasteiger partial charge >= 0.3 is 11.9 Å². The van der Waals surface area contributed by atoms with Crippen molar-refractivity contribution < 1.29 is 57.5 Å². The summed E-state index contributed by atoms with van der Waals surface area (Å²) < 4.78 is 42.2. The number of hydrogen-bond acceptors (Lipinski definition) is 19. The van der Waals surface area contributed by atoms with Gasteiger partial charge in [-0.3, -0.25) is 24.2 Å². The molecule has 338 valence electrons. The number of Topliss-reactive ketones (excluding diaryl/α,β-unsaturated/α-hetero) is 2. The van der Waals surface area contributed by atoms with E-state index in [1.54, 1.807) is 46.9 Å². The van der Waals surface area contributed by atoms with E-state index in [2.05, 4.69) is 19.5 Å². The van der Waals surface area contributed by atoms with E-state index < -0.39 is 83.3 Å². The first-order valence-electron chi connectivity index (χ1n) is 20.8. The maximum absolute atomic E-state index is 14.5. The fraction of sp³-hybridized carbons (Fsp3) is 0.714. The van der Waals surface area contributed by atoms with Crippen molar-refractivity contribution in [3.05, 3.63) is 24.0 Å². The van der Waals surface area contributed by atoms with Crippen molar-refractivity contribution in [2.24, 2.45) is 28.8 Å². The highest BCUT2D eigenvalue weighted by Gasteiger charge is 2.54. The van der Waals surface area contributed by atoms with Gasteiger partial charge in [0, 0.05) is 36.4 Å². The largest absolute Gasteiger partial charge is 0.459 e. The summed E-state index contributed by atoms with van der Waals surface area (Å²) >= 11 is 1.16. The van der Waals surface area contributed by atoms with Gasteiger partial charge in [-0.05, 0) is 84.7 Å². The number of aromatic nitrogens is 3. The molecule has 0 aromatic carbocycles. The molecule has 19 heteroatoms. The van der Waals surface area contributed by atoms with Gasteiger partial charge in [-0.25, -0.2) is 0 Å². The predicted octanol–water partition coefficient (Wildman–Crippen LogP) is 3.77. The van der Waals surface area contributed by atoms with Gasteiger partial charge in [0.05, 0.1) is 48.9 Å². The lowest BCUT2D eigenvalue weighted by Gasteiger charge is -2.48. The number of nitrogens with zero attached hydrogens (tertiary/aromatic N) is 5. The molecule has 3 aliphatic heterocycles. The molecule has 0 amide bonds. The highest BCUT2D eigenvalue weighted by atomic mass is 32.1. The molecule has 3 aliphatic rings. The molecule has 3 N–H and O–H groups in total. The number of anilines is 1. The van der Waals surface area contributed by atoms with Crippen LogP contribution in [-0.4, -0.2) is 135 Å². The van der Waals surface area contributed by atoms with E-state index in [1.165, 1.54) is 20.8 Å². The second-order valence-electron chi connectivity index (χ2n) is 17.2. The minimum Gasteiger partial charge on any atom is -0.459 e. The number of fused-ring (bicyclic) bond motifs is 5. The number of ether oxygens (including phenoxy) is 6. The van der Waals surface area contributed by atoms with E-state index in [4.69, 9.17) is 39.0 Å². The summed E-state index contributed by atoms with van der Waals surface area (Å²) in [6.45, 7) is 14.0. The Morgan fingerprint density at radius 2 is 1.80 bits per heavy atom. The number of oxime groups is 1. The Labute approximate surface area is 361 Å². The number of nitrogens with two attached hydrogens (primary N) is 1. The second-order valence-corrected chi connectivity index (χ2v) is 18.0. The molecule has 2 aromatic rings. The molecule has 61 heavy (non-hydrogen) atoms. The molecule has 5 heterocycles. The Morgan fingerprint density at radius 3 is 2.41 bits per heavy atom. The van der Waals surface area contributed by atoms with Crippen molar-refractivity contribution in [2.75, 3.05) is 33.0 Å². The zero-order chi connectivity index (χ0) is 45.0. The van der Waals surface area contributed by atoms with Gasteiger partial charge in [-0.1, -0.05) is 32.9 Å². The van der Waals surface area contributed by atoms with Crippen LogP contribution in [0.4, 0.5) is 5.95 Å². The Morgan fingerprint density at radius 1 is 1.08 bits per heavy atom. The number of carbonyl (C=O) groups is 4. The van der Waals surface area contributed by atoms with Crippen LogP contribution in [0.3, 0.4) is 0 Å². The fourth-order valence-electron chi connectivity index (χ4n) is 8.68. The van der Waals surface area contributed by atoms with Gasteiger partial charge in [0.25, 0.3) is 0 Å². The van der Waals surface area contributed by atoms with Gasteiger partial charge in [0.15, 0.2) is 24.8 Å². The molecule has 0 spiro atoms. The summed E-state index contributed by atoms with van der Waals surface area (Å²) in [6.07, 6.45) is -3.72. The third-order valence-electron chi connectivity index (χ3n) is 12.0. The van der Waals surface area contributed by atoms with Crippen LogP contribution in [-0.2, 0) is 59.0 Å². The zero-order valence-corrected chi connectivity index (χ0v) is 37.8. The number of nitrogen functional groups attached to an aromatic ring is 1. The summed E-state index contributed by atoms with van der Waals surface area (Å²) in [5.74, 6) is -6.07. The van der Waals surface area contributed by atoms with Crippen LogP contribution < -0.4 is 5.73 Å². The van der Waals surface area contributed by atoms with Crippen molar-refractivity contribution in [1.29, 1.82) is 0 Å². The summed E-state index contributed by atoms with van der Waals surface area (Å²) in [6, 6.07) is 3.24. The molecule has 3 fully saturated rings. The summed E-state index contributed by atoms with van der Waals surface area (Å²) in [5.41, 5.74) is 3.82. The van der Waals surface area contributed by atoms with Gasteiger partial charge in [-0.15, -0.1) is 0 Å². The molecule has 3 saturated heterocycles. The van der Waals surface area contributed by atoms with E-state index in [-0.39, 0.29) is 62.3 Å². The van der Waals surface area contributed by atoms with E-state index in [0.717, 1.165) is 17.1 Å². The van der Waals surface area contributed by atoms with Crippen LogP contribution in [0.2, 0.25) is 0 Å². The molecule has 13 atom stereocenters. The van der Waals surface area contributed by atoms with Crippen molar-refractivity contribution in [2.45, 2.75) is 142 Å². The van der Waals surface area contributed by atoms with Crippen molar-refractivity contribution in [3.63, 3.8) is 0 Å². The first kappa shape index (κ1) is 48.1. The molecule has 0 saturated carbocycles. The van der Waals surface area contributed by atoms with E-state index in [9.17, 15) is 24.3 Å². The minimum atomic E-state index is -1.90. The van der Waals surface area contributed by atoms with Gasteiger partial charge in [0.2, 0.25) is 5.95 Å². The molecule has 0 aliphatic carbocycles. The highest BCUT2D eigenvalue weighted by Crippen LogP contribution is 2.40. The Balaban J connectivity index is 1.59. The second kappa shape index (κ2) is 20.0. The van der Waals surface area contributed by atoms with Gasteiger partial charge < -0.3 is 49.0 Å². The molecular weight excluding hydrogens is 813 g/mol. The number of hydrogen-bond donors (Lipinski definition) is 2. The lowest BCUT2D eigenvalue weighted by atomic mass is 9.74. The van der Waals surface area contributed by atoms with Crippen molar-refractivity contribution in [1.82, 2.24) is 19.2 Å². The number of cyclic esters (lactones) is 1. The third-order valence-corrected chi connectivity index (χ3v) is 12.8. The number of ketones is 2. The van der Waals surface area contributed by atoms with Crippen molar-refractivity contribution >= 4 is 46.7 Å². The van der Waals surface area contributed by atoms with Gasteiger partial charge in [-0.2, -0.15) is 9.36 Å². The van der Waals surface area contributed by atoms with E-state index in [1.807, 2.05) is 32.0 Å². The molecule has 5 rings (SSSR count). The lowest BCUT2D eigenvalue weighted by molar-refractivity contribution is -0.298. The average molecular weight is 875 g/mol. The quantitative estimate of drug-likeness (QED) is 0.207. The van der Waals surface area contributed by atoms with Gasteiger partial charge in [0.1, 0.15) is 34.1 Å². The third kappa shape index (κ3) is 11.2. The summed E-state index contributed by atoms with van der Waals surface area (Å²) in [4.78, 5) is 71.8. The lowest BCUT2D eigenvalue weighted by Crippen LogP contribution is -2.60. The van der Waals surface area contributed by atoms with Crippen LogP contribution in [0.15, 0.2) is 23.5 Å². The zero-order valence-electron chi connectivity index (χ0n) is 37.0. The first-order chi connectivity index (χ1) is 28.7. The van der Waals surface area contributed by atoms with E-state index >= 15 is 0 Å². The summed E-state index contributed by atoms with van der Waals surface area (Å²) in [7, 11) is 3.73. The molecule has 2 aromatic heterocycles. The smallest absolute Gasteiger partial charge is 0.316 e. The van der Waals surface area contributed by atoms with Crippen LogP contribution in [0.1, 0.15) is 87.3 Å². The number of pyridine rings is 1. The van der Waals surface area contributed by atoms with Crippen LogP contribution in [0.5, 0.6) is 0 Å². The predicted molar refractivity (Wildman–Crippen MR) is 223 cm³/mol. The maximum atomic E-state index is 14.5. The van der Waals surface area contributed by atoms with Crippen molar-refractivity contribution in [3.8, 4) is 10.6 Å². The minimum absolute atomic E-state index is 0.0195. The monoisotopic (exact) mass is 874 g/mol. The van der Waals surface area contributed by atoms with Crippen LogP contribution >= 0.6 is 11.5 Å². The number of esters is 2. The molecule has 2 bridgehead atoms. The average Bonchev–Trinajstić information content (AvgIpc) is 3.64. The Bertz CT molecular complexity index is 1890. The summed E-state index contributed by atoms with van der Waals surface area (Å²) in [5, 5.41) is 17.3. The van der Waals surface area contributed by atoms with Crippen LogP contribution in [0, 0.1) is 23.7 Å². The molecular formula is C42H62N6O12S. The number of rotatable bonds is 9. The maximum Gasteiger partial charge on any atom is 0.316 e. The molecule has 0 unspecified atom stereocenters. The highest BCUT2D eigenvalue weighted by molar-refractivity contribution is 7.09. The van der Waals surface area contributed by atoms with Crippen LogP contribution in [0.25, 0.3) is 10.6 Å². The Hall–Kier alpha value is -3.98. The standard InChI is InChI=1S/C42H62N6O12S/c1-12-31-42(9,53)36-23(4)32(50)21(2)16-41(8,55-19-29(18-54-36)46-56-20-28-14-13-27(17-44-28)37-45-40(43)47-61-37)35(24(5)33(51)25(6)38(52)59-31)60-39-34(58-26(7)49)30(48(10)11)15-22(3)57-39/h13-14,17,21-25,30-31,34-36,39,53H,12,15-16,18-20H2,1-11H3,(H2,43,47)/t21-,22-,23+,24+,25-,30+,31-,34-,35-,36-,39+,41-,42-/m1/s1. The number of likely N-dealkylation sites (N-methyl/N-ethyl adjacent to an activating group) is 1. The molecule has 18 nitrogen and oxygen atoms in total. The first-order valence-corrected chi connectivity index (χ1v) is 21.6. The number of aliphatic hydroxyl groups is 1. The fourth-order valence-corrected chi connectivity index (χ4v) is 9.26. The van der Waals surface area contributed by atoms with E-state index in [0.29, 0.717) is 17.1 Å². The SMILES string of the molecule is CC[C@H]1OC(=O)[C@H](C)C(=O)[C@H](C)[C@@H](O[C@@H]2O[C@H](C)C[C@H](N(C)C)[C@H]2OC(C)=O)[C@@]2(C)C[C@@H](C)C(=O)[C@H](C)[C@@H](OCC(=NOCc3ccc(-c4nc(N)ns4)cn3)CO2)[C@]1(C)O. The topological polar surface area (TPSA) is 233 Å². The number of carbonyl (C=O) groups excluding carboxylic acids is 4. The molecule has 0 radical (unpaired) electrons. The normalized spacial score (nSPS) is 36.4.